The molecule has 0 bridgehead atoms. The molecule has 0 radical (unpaired) electrons. The highest BCUT2D eigenvalue weighted by atomic mass is 35.5. The van der Waals surface area contributed by atoms with Gasteiger partial charge in [0.05, 0.1) is 24.1 Å². The Hall–Kier alpha value is -2.77. The summed E-state index contributed by atoms with van der Waals surface area (Å²) in [7, 11) is -2.05. The molecule has 53 heavy (non-hydrogen) atoms. The van der Waals surface area contributed by atoms with E-state index in [0.717, 1.165) is 44.2 Å². The molecule has 4 atom stereocenters. The van der Waals surface area contributed by atoms with E-state index in [4.69, 9.17) is 21.1 Å². The number of sulfonamides is 1. The molecule has 2 aromatic rings. The number of nitrogens with one attached hydrogen (secondary N) is 1. The summed E-state index contributed by atoms with van der Waals surface area (Å²) in [6, 6.07) is 11.4. The number of hydrogen-bond acceptors (Lipinski definition) is 8. The largest absolute Gasteiger partial charge is 0.490 e. The van der Waals surface area contributed by atoms with Crippen LogP contribution in [-0.2, 0) is 26.6 Å². The number of alkyl halides is 2. The minimum atomic E-state index is -3.83. The summed E-state index contributed by atoms with van der Waals surface area (Å²) < 4.78 is 66.9. The van der Waals surface area contributed by atoms with Gasteiger partial charge in [-0.05, 0) is 106 Å². The number of allylic oxidation sites excluding steroid dienone is 1. The van der Waals surface area contributed by atoms with Crippen LogP contribution in [0.25, 0.3) is 0 Å². The van der Waals surface area contributed by atoms with Crippen molar-refractivity contribution in [2.24, 2.45) is 11.8 Å². The van der Waals surface area contributed by atoms with Gasteiger partial charge in [0, 0.05) is 68.9 Å². The van der Waals surface area contributed by atoms with Crippen molar-refractivity contribution in [1.82, 2.24) is 14.5 Å². The number of benzene rings is 2. The van der Waals surface area contributed by atoms with Gasteiger partial charge in [0.15, 0.2) is 0 Å². The zero-order valence-corrected chi connectivity index (χ0v) is 33.0. The number of methoxy groups -OCH3 is 1. The Labute approximate surface area is 319 Å². The molecule has 2 aliphatic heterocycles. The Morgan fingerprint density at radius 3 is 2.55 bits per heavy atom. The van der Waals surface area contributed by atoms with E-state index < -0.39 is 33.2 Å². The number of halogens is 3. The molecule has 1 N–H and O–H groups in total. The van der Waals surface area contributed by atoms with Gasteiger partial charge in [0.25, 0.3) is 12.3 Å². The lowest BCUT2D eigenvalue weighted by atomic mass is 9.63. The maximum Gasteiger partial charge on any atom is 0.264 e. The van der Waals surface area contributed by atoms with Crippen LogP contribution in [0.5, 0.6) is 5.75 Å². The fourth-order valence-corrected chi connectivity index (χ4v) is 9.65. The zero-order chi connectivity index (χ0) is 38.0. The van der Waals surface area contributed by atoms with Crippen molar-refractivity contribution in [2.75, 3.05) is 71.0 Å². The number of anilines is 1. The summed E-state index contributed by atoms with van der Waals surface area (Å²) in [6.45, 7) is 10.1. The lowest BCUT2D eigenvalue weighted by Crippen LogP contribution is -2.59. The normalized spacial score (nSPS) is 25.1. The van der Waals surface area contributed by atoms with E-state index in [1.807, 2.05) is 11.0 Å². The molecule has 1 saturated heterocycles. The first-order valence-electron chi connectivity index (χ1n) is 19.1. The highest BCUT2D eigenvalue weighted by Crippen LogP contribution is 2.49. The Morgan fingerprint density at radius 1 is 1.13 bits per heavy atom. The van der Waals surface area contributed by atoms with Crippen LogP contribution in [-0.4, -0.2) is 107 Å². The summed E-state index contributed by atoms with van der Waals surface area (Å²) in [5.74, 6) is 0.425. The first kappa shape index (κ1) is 39.9. The highest BCUT2D eigenvalue weighted by molar-refractivity contribution is 7.90. The van der Waals surface area contributed by atoms with Crippen LogP contribution in [0.15, 0.2) is 48.6 Å². The molecular formula is C40H55ClF2N4O5S. The molecule has 2 aliphatic carbocycles. The Morgan fingerprint density at radius 2 is 1.89 bits per heavy atom. The minimum Gasteiger partial charge on any atom is -0.490 e. The molecule has 1 spiro atoms. The quantitative estimate of drug-likeness (QED) is 0.230. The van der Waals surface area contributed by atoms with Gasteiger partial charge in [-0.2, -0.15) is 0 Å². The molecule has 1 saturated carbocycles. The first-order chi connectivity index (χ1) is 25.3. The molecule has 9 nitrogen and oxygen atoms in total. The summed E-state index contributed by atoms with van der Waals surface area (Å²) >= 11 is 6.48. The van der Waals surface area contributed by atoms with Gasteiger partial charge in [-0.3, -0.25) is 14.6 Å². The molecule has 1 amide bonds. The van der Waals surface area contributed by atoms with Crippen molar-refractivity contribution >= 4 is 33.2 Å². The Kier molecular flexibility index (Phi) is 12.4. The fourth-order valence-electron chi connectivity index (χ4n) is 8.84. The third kappa shape index (κ3) is 8.72. The number of hydrogen-bond donors (Lipinski definition) is 1. The average molecular weight is 777 g/mol. The van der Waals surface area contributed by atoms with E-state index in [1.165, 1.54) is 25.0 Å². The number of aryl methyl sites for hydroxylation is 1. The van der Waals surface area contributed by atoms with E-state index in [2.05, 4.69) is 45.7 Å². The van der Waals surface area contributed by atoms with E-state index in [9.17, 15) is 22.0 Å². The second-order valence-corrected chi connectivity index (χ2v) is 18.4. The third-order valence-electron chi connectivity index (χ3n) is 12.0. The SMILES string of the molecule is CC/C=C/[C@@](CN1CCN(CC(F)F)CC1)(OC)[C@@H]1CC[C@H]1CN1C[C@@]2(CCCc3cc(Cl)ccc32)COc2ccc(C(=O)NS(=O)(=O)C(C)C)cc21. The molecule has 0 aromatic heterocycles. The maximum atomic E-state index is 13.4. The number of amides is 1. The predicted molar refractivity (Wildman–Crippen MR) is 206 cm³/mol. The molecular weight excluding hydrogens is 722 g/mol. The van der Waals surface area contributed by atoms with Crippen LogP contribution < -0.4 is 14.4 Å². The lowest BCUT2D eigenvalue weighted by Gasteiger charge is -2.52. The summed E-state index contributed by atoms with van der Waals surface area (Å²) in [5.41, 5.74) is 2.61. The lowest BCUT2D eigenvalue weighted by molar-refractivity contribution is -0.0962. The number of carbonyl (C=O) groups is 1. The topological polar surface area (TPSA) is 91.4 Å². The number of carbonyl (C=O) groups excluding carboxylic acids is 1. The van der Waals surface area contributed by atoms with Gasteiger partial charge in [-0.15, -0.1) is 0 Å². The molecule has 4 aliphatic rings. The van der Waals surface area contributed by atoms with Gasteiger partial charge >= 0.3 is 0 Å². The van der Waals surface area contributed by atoms with Crippen LogP contribution in [0.4, 0.5) is 14.5 Å². The van der Waals surface area contributed by atoms with Crippen molar-refractivity contribution in [3.63, 3.8) is 0 Å². The van der Waals surface area contributed by atoms with Crippen molar-refractivity contribution in [2.45, 2.75) is 82.0 Å². The average Bonchev–Trinajstić information content (AvgIpc) is 3.26. The molecule has 0 unspecified atom stereocenters. The molecule has 2 aromatic carbocycles. The number of ether oxygens (including phenoxy) is 2. The monoisotopic (exact) mass is 776 g/mol. The summed E-state index contributed by atoms with van der Waals surface area (Å²) in [5, 5.41) is -0.0435. The fraction of sp³-hybridized carbons (Fsp3) is 0.625. The Bertz CT molecular complexity index is 1750. The molecule has 6 rings (SSSR count). The number of nitrogens with zero attached hydrogens (tertiary/aromatic N) is 3. The van der Waals surface area contributed by atoms with E-state index >= 15 is 0 Å². The minimum absolute atomic E-state index is 0.193. The maximum absolute atomic E-state index is 13.4. The van der Waals surface area contributed by atoms with Crippen LogP contribution in [0, 0.1) is 11.8 Å². The standard InChI is InChI=1S/C40H55ClF2N4O5S/c1-5-6-16-40(51-4,26-46-19-17-45(18-20-46)24-37(42)43)34-12-9-31(34)23-47-25-39(15-7-8-29-21-32(41)11-13-33(29)39)27-52-36-14-10-30(22-35(36)47)38(48)44-53(49,50)28(2)3/h6,10-11,13-14,16,21-22,28,31,34,37H,5,7-9,12,15,17-20,23-27H2,1-4H3,(H,44,48)/b16-6+/t31-,34+,39-,40-/m0/s1. The first-order valence-corrected chi connectivity index (χ1v) is 21.0. The van der Waals surface area contributed by atoms with Crippen LogP contribution in [0.1, 0.15) is 74.4 Å². The molecule has 13 heteroatoms. The van der Waals surface area contributed by atoms with Crippen molar-refractivity contribution in [3.05, 3.63) is 70.3 Å². The second kappa shape index (κ2) is 16.5. The highest BCUT2D eigenvalue weighted by Gasteiger charge is 2.50. The van der Waals surface area contributed by atoms with Gasteiger partial charge < -0.3 is 14.4 Å². The second-order valence-electron chi connectivity index (χ2n) is 15.7. The van der Waals surface area contributed by atoms with Gasteiger partial charge in [0.1, 0.15) is 11.4 Å². The number of rotatable bonds is 13. The van der Waals surface area contributed by atoms with Crippen LogP contribution >= 0.6 is 11.6 Å². The van der Waals surface area contributed by atoms with Crippen LogP contribution in [0.3, 0.4) is 0 Å². The van der Waals surface area contributed by atoms with Crippen molar-refractivity contribution in [1.29, 1.82) is 0 Å². The number of fused-ring (bicyclic) bond motifs is 3. The molecule has 2 heterocycles. The van der Waals surface area contributed by atoms with Gasteiger partial charge in [-0.25, -0.2) is 21.9 Å². The van der Waals surface area contributed by atoms with Gasteiger partial charge in [0.2, 0.25) is 10.0 Å². The zero-order valence-electron chi connectivity index (χ0n) is 31.5. The molecule has 2 fully saturated rings. The van der Waals surface area contributed by atoms with Crippen molar-refractivity contribution in [3.8, 4) is 5.75 Å². The smallest absolute Gasteiger partial charge is 0.264 e. The summed E-state index contributed by atoms with van der Waals surface area (Å²) in [4.78, 5) is 19.9. The van der Waals surface area contributed by atoms with Gasteiger partial charge in [-0.1, -0.05) is 36.7 Å². The predicted octanol–water partition coefficient (Wildman–Crippen LogP) is 6.54. The Balaban J connectivity index is 1.32. The summed E-state index contributed by atoms with van der Waals surface area (Å²) in [6.07, 6.45) is 7.78. The van der Waals surface area contributed by atoms with E-state index in [1.54, 1.807) is 25.3 Å². The molecule has 292 valence electrons. The third-order valence-corrected chi connectivity index (χ3v) is 13.9. The van der Waals surface area contributed by atoms with Crippen LogP contribution in [0.2, 0.25) is 5.02 Å². The van der Waals surface area contributed by atoms with E-state index in [0.29, 0.717) is 63.2 Å². The van der Waals surface area contributed by atoms with E-state index in [-0.39, 0.29) is 29.4 Å². The number of piperazine rings is 1. The van der Waals surface area contributed by atoms with Crippen molar-refractivity contribution < 1.29 is 31.5 Å².